The van der Waals surface area contributed by atoms with Crippen LogP contribution in [-0.4, -0.2) is 23.0 Å². The van der Waals surface area contributed by atoms with E-state index >= 15 is 0 Å². The highest BCUT2D eigenvalue weighted by Gasteiger charge is 2.18. The lowest BCUT2D eigenvalue weighted by Gasteiger charge is -2.14. The lowest BCUT2D eigenvalue weighted by molar-refractivity contribution is -0.148. The number of hydrogen-bond donors (Lipinski definition) is 1. The van der Waals surface area contributed by atoms with Crippen LogP contribution in [0, 0.1) is 6.92 Å². The number of carbonyl (C=O) groups excluding carboxylic acids is 2. The first-order valence-corrected chi connectivity index (χ1v) is 9.44. The minimum Gasteiger partial charge on any atom is -0.449 e. The van der Waals surface area contributed by atoms with Gasteiger partial charge in [-0.15, -0.1) is 11.3 Å². The van der Waals surface area contributed by atoms with Gasteiger partial charge in [0, 0.05) is 16.8 Å². The Bertz CT molecular complexity index is 996. The van der Waals surface area contributed by atoms with Gasteiger partial charge in [-0.3, -0.25) is 4.79 Å². The fourth-order valence-electron chi connectivity index (χ4n) is 2.34. The van der Waals surface area contributed by atoms with Crippen LogP contribution < -0.4 is 5.32 Å². The number of anilines is 1. The first kappa shape index (κ1) is 19.1. The third-order valence-corrected chi connectivity index (χ3v) is 5.27. The Morgan fingerprint density at radius 3 is 2.78 bits per heavy atom. The Morgan fingerprint density at radius 2 is 2.00 bits per heavy atom. The van der Waals surface area contributed by atoms with Crippen molar-refractivity contribution in [1.29, 1.82) is 0 Å². The number of nitrogens with one attached hydrogen (secondary N) is 1. The Kier molecular flexibility index (Phi) is 5.88. The van der Waals surface area contributed by atoms with E-state index in [-0.39, 0.29) is 0 Å². The second-order valence-electron chi connectivity index (χ2n) is 5.83. The first-order valence-electron chi connectivity index (χ1n) is 8.24. The molecule has 0 aliphatic heterocycles. The number of rotatable bonds is 5. The van der Waals surface area contributed by atoms with E-state index in [4.69, 9.17) is 16.3 Å². The minimum absolute atomic E-state index is 0.429. The van der Waals surface area contributed by atoms with Crippen LogP contribution >= 0.6 is 22.9 Å². The molecule has 1 amide bonds. The van der Waals surface area contributed by atoms with Crippen LogP contribution in [0.3, 0.4) is 0 Å². The smallest absolute Gasteiger partial charge is 0.331 e. The van der Waals surface area contributed by atoms with Crippen LogP contribution in [0.4, 0.5) is 5.69 Å². The fourth-order valence-corrected chi connectivity index (χ4v) is 3.39. The number of carbonyl (C=O) groups is 2. The van der Waals surface area contributed by atoms with E-state index in [0.29, 0.717) is 15.7 Å². The molecule has 1 aromatic heterocycles. The fraction of sp³-hybridized carbons (Fsp3) is 0.150. The first-order chi connectivity index (χ1) is 12.9. The van der Waals surface area contributed by atoms with E-state index in [1.165, 1.54) is 24.3 Å². The maximum absolute atomic E-state index is 12.2. The highest BCUT2D eigenvalue weighted by Crippen LogP contribution is 2.24. The maximum atomic E-state index is 12.2. The summed E-state index contributed by atoms with van der Waals surface area (Å²) in [4.78, 5) is 28.6. The second kappa shape index (κ2) is 8.33. The zero-order chi connectivity index (χ0) is 19.4. The van der Waals surface area contributed by atoms with Crippen LogP contribution in [0.2, 0.25) is 5.02 Å². The molecule has 3 rings (SSSR count). The molecule has 0 unspecified atom stereocenters. The van der Waals surface area contributed by atoms with Crippen LogP contribution in [-0.2, 0) is 14.3 Å². The number of amides is 1. The van der Waals surface area contributed by atoms with E-state index in [2.05, 4.69) is 10.3 Å². The van der Waals surface area contributed by atoms with Gasteiger partial charge >= 0.3 is 5.97 Å². The average Bonchev–Trinajstić information content (AvgIpc) is 3.06. The SMILES string of the molecule is Cc1c(Cl)cccc1NC(=O)[C@H](C)OC(=O)/C=C/c1nc2ccccc2s1. The van der Waals surface area contributed by atoms with Crippen molar-refractivity contribution >= 4 is 56.8 Å². The summed E-state index contributed by atoms with van der Waals surface area (Å²) in [5.74, 6) is -1.04. The van der Waals surface area contributed by atoms with Crippen molar-refractivity contribution < 1.29 is 14.3 Å². The van der Waals surface area contributed by atoms with E-state index < -0.39 is 18.0 Å². The average molecular weight is 401 g/mol. The summed E-state index contributed by atoms with van der Waals surface area (Å²) < 4.78 is 6.19. The molecule has 0 fully saturated rings. The van der Waals surface area contributed by atoms with Crippen LogP contribution in [0.15, 0.2) is 48.5 Å². The van der Waals surface area contributed by atoms with Crippen molar-refractivity contribution in [1.82, 2.24) is 4.98 Å². The lowest BCUT2D eigenvalue weighted by Crippen LogP contribution is -2.29. The van der Waals surface area contributed by atoms with Gasteiger partial charge in [0.15, 0.2) is 6.10 Å². The molecular weight excluding hydrogens is 384 g/mol. The molecule has 5 nitrogen and oxygen atoms in total. The quantitative estimate of drug-likeness (QED) is 0.491. The molecule has 0 saturated carbocycles. The maximum Gasteiger partial charge on any atom is 0.331 e. The van der Waals surface area contributed by atoms with E-state index in [0.717, 1.165) is 15.8 Å². The summed E-state index contributed by atoms with van der Waals surface area (Å²) in [7, 11) is 0. The number of halogens is 1. The molecule has 0 saturated heterocycles. The van der Waals surface area contributed by atoms with Crippen LogP contribution in [0.1, 0.15) is 17.5 Å². The zero-order valence-corrected chi connectivity index (χ0v) is 16.3. The van der Waals surface area contributed by atoms with Crippen molar-refractivity contribution in [3.05, 3.63) is 64.1 Å². The molecule has 27 heavy (non-hydrogen) atoms. The normalized spacial score (nSPS) is 12.3. The molecule has 0 radical (unpaired) electrons. The summed E-state index contributed by atoms with van der Waals surface area (Å²) >= 11 is 7.51. The Hall–Kier alpha value is -2.70. The number of hydrogen-bond acceptors (Lipinski definition) is 5. The summed E-state index contributed by atoms with van der Waals surface area (Å²) in [6.07, 6.45) is 1.90. The van der Waals surface area contributed by atoms with Gasteiger partial charge in [0.2, 0.25) is 0 Å². The summed E-state index contributed by atoms with van der Waals surface area (Å²) in [5, 5.41) is 3.96. The number of fused-ring (bicyclic) bond motifs is 1. The highest BCUT2D eigenvalue weighted by atomic mass is 35.5. The molecule has 1 N–H and O–H groups in total. The standard InChI is InChI=1S/C20H17ClN2O3S/c1-12-14(21)6-5-8-15(12)23-20(25)13(2)26-19(24)11-10-18-22-16-7-3-4-9-17(16)27-18/h3-11,13H,1-2H3,(H,23,25)/b11-10+/t13-/m0/s1. The molecule has 2 aromatic carbocycles. The topological polar surface area (TPSA) is 68.3 Å². The Morgan fingerprint density at radius 1 is 1.22 bits per heavy atom. The van der Waals surface area contributed by atoms with Gasteiger partial charge in [0.25, 0.3) is 5.91 Å². The number of para-hydroxylation sites is 1. The van der Waals surface area contributed by atoms with Gasteiger partial charge in [-0.1, -0.05) is 29.8 Å². The summed E-state index contributed by atoms with van der Waals surface area (Å²) in [6, 6.07) is 12.9. The van der Waals surface area contributed by atoms with Gasteiger partial charge in [-0.25, -0.2) is 9.78 Å². The second-order valence-corrected chi connectivity index (χ2v) is 7.30. The lowest BCUT2D eigenvalue weighted by atomic mass is 10.2. The van der Waals surface area contributed by atoms with Crippen molar-refractivity contribution in [2.75, 3.05) is 5.32 Å². The Labute approximate surface area is 165 Å². The van der Waals surface area contributed by atoms with Crippen molar-refractivity contribution in [3.8, 4) is 0 Å². The van der Waals surface area contributed by atoms with E-state index in [1.54, 1.807) is 31.2 Å². The minimum atomic E-state index is -0.948. The number of thiazole rings is 1. The van der Waals surface area contributed by atoms with Gasteiger partial charge in [0.05, 0.1) is 10.2 Å². The van der Waals surface area contributed by atoms with Crippen molar-refractivity contribution in [3.63, 3.8) is 0 Å². The highest BCUT2D eigenvalue weighted by molar-refractivity contribution is 7.19. The molecule has 138 valence electrons. The molecular formula is C20H17ClN2O3S. The summed E-state index contributed by atoms with van der Waals surface area (Å²) in [5.41, 5.74) is 2.21. The van der Waals surface area contributed by atoms with Crippen LogP contribution in [0.25, 0.3) is 16.3 Å². The molecule has 3 aromatic rings. The molecule has 0 spiro atoms. The molecule has 1 heterocycles. The van der Waals surface area contributed by atoms with E-state index in [9.17, 15) is 9.59 Å². The number of aromatic nitrogens is 1. The molecule has 0 bridgehead atoms. The largest absolute Gasteiger partial charge is 0.449 e. The predicted molar refractivity (Wildman–Crippen MR) is 109 cm³/mol. The zero-order valence-electron chi connectivity index (χ0n) is 14.7. The number of ether oxygens (including phenoxy) is 1. The third-order valence-electron chi connectivity index (χ3n) is 3.86. The predicted octanol–water partition coefficient (Wildman–Crippen LogP) is 4.84. The number of nitrogens with zero attached hydrogens (tertiary/aromatic N) is 1. The van der Waals surface area contributed by atoms with Crippen molar-refractivity contribution in [2.24, 2.45) is 0 Å². The number of benzene rings is 2. The molecule has 0 aliphatic carbocycles. The summed E-state index contributed by atoms with van der Waals surface area (Å²) in [6.45, 7) is 3.31. The number of esters is 1. The monoisotopic (exact) mass is 400 g/mol. The van der Waals surface area contributed by atoms with Gasteiger partial charge in [-0.05, 0) is 49.8 Å². The molecule has 7 heteroatoms. The van der Waals surface area contributed by atoms with E-state index in [1.807, 2.05) is 24.3 Å². The third kappa shape index (κ3) is 4.72. The van der Waals surface area contributed by atoms with Gasteiger partial charge in [-0.2, -0.15) is 0 Å². The van der Waals surface area contributed by atoms with Gasteiger partial charge < -0.3 is 10.1 Å². The van der Waals surface area contributed by atoms with Crippen LogP contribution in [0.5, 0.6) is 0 Å². The van der Waals surface area contributed by atoms with Gasteiger partial charge in [0.1, 0.15) is 5.01 Å². The Balaban J connectivity index is 1.59. The van der Waals surface area contributed by atoms with Crippen molar-refractivity contribution in [2.45, 2.75) is 20.0 Å². The molecule has 0 aliphatic rings. The molecule has 1 atom stereocenters.